The molecule has 5 rings (SSSR count). The number of hydrogen-bond donors (Lipinski definition) is 2. The summed E-state index contributed by atoms with van der Waals surface area (Å²) in [6.07, 6.45) is -0.985. The largest absolute Gasteiger partial charge is 0.497 e. The minimum absolute atomic E-state index is 0.000330. The van der Waals surface area contributed by atoms with Gasteiger partial charge in [0.05, 0.1) is 26.9 Å². The van der Waals surface area contributed by atoms with Gasteiger partial charge in [0.25, 0.3) is 0 Å². The van der Waals surface area contributed by atoms with Crippen LogP contribution in [0.1, 0.15) is 43.7 Å². The summed E-state index contributed by atoms with van der Waals surface area (Å²) in [6.45, 7) is 5.32. The van der Waals surface area contributed by atoms with Crippen LogP contribution in [0.4, 0.5) is 5.82 Å². The van der Waals surface area contributed by atoms with Crippen molar-refractivity contribution in [3.63, 3.8) is 0 Å². The van der Waals surface area contributed by atoms with Gasteiger partial charge in [0.1, 0.15) is 35.2 Å². The minimum Gasteiger partial charge on any atom is -0.497 e. The maximum Gasteiger partial charge on any atom is 0.351 e. The van der Waals surface area contributed by atoms with Gasteiger partial charge in [-0.15, -0.1) is 0 Å². The molecule has 2 heterocycles. The highest BCUT2D eigenvalue weighted by molar-refractivity contribution is 5.91. The molecule has 45 heavy (non-hydrogen) atoms. The van der Waals surface area contributed by atoms with Crippen LogP contribution in [0.15, 0.2) is 95.9 Å². The van der Waals surface area contributed by atoms with Crippen molar-refractivity contribution in [2.24, 2.45) is 11.8 Å². The number of rotatable bonds is 11. The Kier molecular flexibility index (Phi) is 9.67. The molecule has 10 heteroatoms. The average Bonchev–Trinajstić information content (AvgIpc) is 3.34. The molecule has 0 saturated carbocycles. The first-order chi connectivity index (χ1) is 21.7. The summed E-state index contributed by atoms with van der Waals surface area (Å²) < 4.78 is 25.4. The zero-order valence-corrected chi connectivity index (χ0v) is 26.0. The third-order valence-electron chi connectivity index (χ3n) is 8.20. The van der Waals surface area contributed by atoms with Crippen LogP contribution < -0.4 is 20.5 Å². The van der Waals surface area contributed by atoms with Crippen molar-refractivity contribution in [3.8, 4) is 11.5 Å². The molecule has 3 aromatic carbocycles. The molecule has 1 aromatic heterocycles. The van der Waals surface area contributed by atoms with E-state index in [1.165, 1.54) is 10.8 Å². The number of aliphatic hydroxyl groups is 1. The van der Waals surface area contributed by atoms with Crippen LogP contribution >= 0.6 is 0 Å². The highest BCUT2D eigenvalue weighted by Gasteiger charge is 2.45. The summed E-state index contributed by atoms with van der Waals surface area (Å²) in [7, 11) is 3.23. The fourth-order valence-corrected chi connectivity index (χ4v) is 5.58. The van der Waals surface area contributed by atoms with E-state index < -0.39 is 35.6 Å². The molecule has 0 spiro atoms. The number of nitrogens with one attached hydrogen (secondary N) is 1. The van der Waals surface area contributed by atoms with Gasteiger partial charge in [-0.2, -0.15) is 4.98 Å². The zero-order valence-electron chi connectivity index (χ0n) is 26.0. The normalized spacial score (nSPS) is 19.8. The summed E-state index contributed by atoms with van der Waals surface area (Å²) in [4.78, 5) is 29.1. The summed E-state index contributed by atoms with van der Waals surface area (Å²) in [5.74, 6) is 0.608. The van der Waals surface area contributed by atoms with E-state index in [1.807, 2.05) is 85.8 Å². The highest BCUT2D eigenvalue weighted by Crippen LogP contribution is 2.43. The molecule has 4 aromatic rings. The third-order valence-corrected chi connectivity index (χ3v) is 8.20. The van der Waals surface area contributed by atoms with Crippen LogP contribution in [0.3, 0.4) is 0 Å². The van der Waals surface area contributed by atoms with Gasteiger partial charge in [-0.1, -0.05) is 75.4 Å². The standard InChI is InChI=1S/C35H39N3O7/c1-22(2)32(40)36-30-19-20-38(34(41)37-30)33-23(3)31(39)29(45-33)21-44-35(24-9-7-6-8-10-24,25-11-15-27(42-4)16-12-25)26-13-17-28(43-5)18-14-26/h6-20,22-23,29,31,33,39H,21H2,1-5H3,(H,36,37,40,41)/t23-,29+,31-,33+/m0/s1. The Morgan fingerprint density at radius 1 is 0.933 bits per heavy atom. The number of methoxy groups -OCH3 is 2. The second-order valence-corrected chi connectivity index (χ2v) is 11.4. The number of nitrogens with zero attached hydrogens (tertiary/aromatic N) is 2. The second kappa shape index (κ2) is 13.6. The SMILES string of the molecule is COc1ccc(C(OC[C@H]2O[C@@H](n3ccc(NC(=O)C(C)C)nc3=O)[C@@H](C)[C@@H]2O)(c2ccccc2)c2ccc(OC)cc2)cc1. The van der Waals surface area contributed by atoms with Gasteiger partial charge < -0.3 is 29.4 Å². The van der Waals surface area contributed by atoms with Crippen LogP contribution in [0.25, 0.3) is 0 Å². The number of aliphatic hydroxyl groups excluding tert-OH is 1. The quantitative estimate of drug-likeness (QED) is 0.233. The third kappa shape index (κ3) is 6.49. The van der Waals surface area contributed by atoms with Gasteiger partial charge in [0.15, 0.2) is 0 Å². The molecule has 1 amide bonds. The lowest BCUT2D eigenvalue weighted by atomic mass is 9.80. The second-order valence-electron chi connectivity index (χ2n) is 11.4. The van der Waals surface area contributed by atoms with Crippen LogP contribution in [0.5, 0.6) is 11.5 Å². The zero-order chi connectivity index (χ0) is 32.1. The Balaban J connectivity index is 1.48. The van der Waals surface area contributed by atoms with Crippen LogP contribution in [-0.2, 0) is 19.9 Å². The molecule has 0 unspecified atom stereocenters. The number of ether oxygens (including phenoxy) is 4. The van der Waals surface area contributed by atoms with Gasteiger partial charge >= 0.3 is 5.69 Å². The summed E-state index contributed by atoms with van der Waals surface area (Å²) >= 11 is 0. The predicted octanol–water partition coefficient (Wildman–Crippen LogP) is 4.76. The number of carbonyl (C=O) groups is 1. The number of carbonyl (C=O) groups excluding carboxylic acids is 1. The first kappa shape index (κ1) is 31.9. The molecule has 1 aliphatic rings. The number of anilines is 1. The van der Waals surface area contributed by atoms with Gasteiger partial charge in [0, 0.05) is 18.0 Å². The molecular weight excluding hydrogens is 574 g/mol. The Labute approximate surface area is 262 Å². The lowest BCUT2D eigenvalue weighted by Crippen LogP contribution is -2.38. The van der Waals surface area contributed by atoms with Gasteiger partial charge in [0.2, 0.25) is 5.91 Å². The lowest BCUT2D eigenvalue weighted by molar-refractivity contribution is -0.118. The number of amides is 1. The van der Waals surface area contributed by atoms with E-state index >= 15 is 0 Å². The molecule has 0 aliphatic carbocycles. The Bertz CT molecular complexity index is 1590. The fourth-order valence-electron chi connectivity index (χ4n) is 5.58. The molecular formula is C35H39N3O7. The van der Waals surface area contributed by atoms with E-state index in [9.17, 15) is 14.7 Å². The van der Waals surface area contributed by atoms with Crippen molar-refractivity contribution >= 4 is 11.7 Å². The summed E-state index contributed by atoms with van der Waals surface area (Å²) in [6, 6.07) is 26.7. The fraction of sp³-hybridized carbons (Fsp3) is 0.343. The van der Waals surface area contributed by atoms with E-state index in [1.54, 1.807) is 34.1 Å². The Morgan fingerprint density at radius 3 is 2.00 bits per heavy atom. The minimum atomic E-state index is -1.10. The number of aromatic nitrogens is 2. The average molecular weight is 614 g/mol. The van der Waals surface area contributed by atoms with E-state index in [2.05, 4.69) is 10.3 Å². The molecule has 0 bridgehead atoms. The molecule has 2 N–H and O–H groups in total. The monoisotopic (exact) mass is 613 g/mol. The maximum atomic E-state index is 13.0. The van der Waals surface area contributed by atoms with Gasteiger partial charge in [-0.25, -0.2) is 4.79 Å². The van der Waals surface area contributed by atoms with E-state index in [4.69, 9.17) is 18.9 Å². The first-order valence-corrected chi connectivity index (χ1v) is 14.9. The Hall–Kier alpha value is -4.51. The molecule has 0 radical (unpaired) electrons. The van der Waals surface area contributed by atoms with Crippen molar-refractivity contribution in [2.75, 3.05) is 26.1 Å². The van der Waals surface area contributed by atoms with E-state index in [0.717, 1.165) is 16.7 Å². The number of hydrogen-bond acceptors (Lipinski definition) is 8. The predicted molar refractivity (Wildman–Crippen MR) is 169 cm³/mol. The van der Waals surface area contributed by atoms with Crippen LogP contribution in [0.2, 0.25) is 0 Å². The summed E-state index contributed by atoms with van der Waals surface area (Å²) in [5.41, 5.74) is 0.861. The maximum absolute atomic E-state index is 13.0. The van der Waals surface area contributed by atoms with Gasteiger partial charge in [-0.05, 0) is 47.0 Å². The first-order valence-electron chi connectivity index (χ1n) is 14.9. The molecule has 1 aliphatic heterocycles. The van der Waals surface area contributed by atoms with Crippen molar-refractivity contribution in [1.29, 1.82) is 0 Å². The summed E-state index contributed by atoms with van der Waals surface area (Å²) in [5, 5.41) is 14.0. The molecule has 4 atom stereocenters. The van der Waals surface area contributed by atoms with E-state index in [-0.39, 0.29) is 24.2 Å². The van der Waals surface area contributed by atoms with Crippen molar-refractivity contribution in [2.45, 2.75) is 44.8 Å². The molecule has 1 saturated heterocycles. The molecule has 10 nitrogen and oxygen atoms in total. The van der Waals surface area contributed by atoms with Crippen LogP contribution in [-0.4, -0.2) is 53.6 Å². The highest BCUT2D eigenvalue weighted by atomic mass is 16.6. The Morgan fingerprint density at radius 2 is 1.49 bits per heavy atom. The van der Waals surface area contributed by atoms with Gasteiger partial charge in [-0.3, -0.25) is 9.36 Å². The van der Waals surface area contributed by atoms with Crippen molar-refractivity contribution in [1.82, 2.24) is 9.55 Å². The van der Waals surface area contributed by atoms with Crippen molar-refractivity contribution < 1.29 is 28.8 Å². The lowest BCUT2D eigenvalue weighted by Gasteiger charge is -2.37. The van der Waals surface area contributed by atoms with Crippen molar-refractivity contribution in [3.05, 3.63) is 118 Å². The molecule has 1 fully saturated rings. The number of benzene rings is 3. The van der Waals surface area contributed by atoms with Crippen LogP contribution in [0, 0.1) is 11.8 Å². The smallest absolute Gasteiger partial charge is 0.351 e. The van der Waals surface area contributed by atoms with E-state index in [0.29, 0.717) is 11.5 Å². The molecule has 236 valence electrons. The topological polar surface area (TPSA) is 121 Å².